The first kappa shape index (κ1) is 78.2. The predicted molar refractivity (Wildman–Crippen MR) is 28.6 cm³/mol. The van der Waals surface area contributed by atoms with Crippen LogP contribution < -0.4 is 0 Å². The number of hydrogen-bond donors (Lipinski definition) is 0. The maximum absolute atomic E-state index is 0. The molecular formula is H4BNbPbSbSnTaTiWZr. The van der Waals surface area contributed by atoms with Crippen LogP contribution in [0.1, 0.15) is 0 Å². The molecule has 0 rings (SSSR count). The van der Waals surface area contributed by atoms with Gasteiger partial charge >= 0.3 is 51.7 Å². The van der Waals surface area contributed by atoms with Gasteiger partial charge in [-0.25, -0.2) is 0 Å². The molecule has 44 valence electrons. The van der Waals surface area contributed by atoms with Crippen LogP contribution in [0.3, 0.4) is 0 Å². The van der Waals surface area contributed by atoms with Crippen molar-refractivity contribution in [2.45, 2.75) is 0 Å². The minimum absolute atomic E-state index is 0. The van der Waals surface area contributed by atoms with E-state index in [9.17, 15) is 0 Å². The Balaban J connectivity index is 0. The molecule has 0 aromatic rings. The van der Waals surface area contributed by atoms with Gasteiger partial charge in [0.1, 0.15) is 0 Å². The Morgan fingerprint density at radius 2 is 1.00 bits per heavy atom. The molecule has 9 heavy (non-hydrogen) atoms. The second-order valence-electron chi connectivity index (χ2n) is 0. The zero-order valence-corrected chi connectivity index (χ0v) is 28.7. The summed E-state index contributed by atoms with van der Waals surface area (Å²) in [6, 6.07) is 0. The normalized spacial score (nSPS) is 0. The fourth-order valence-electron chi connectivity index (χ4n) is 0. The first-order valence-corrected chi connectivity index (χ1v) is 0. The van der Waals surface area contributed by atoms with Gasteiger partial charge in [0.15, 0.2) is 0 Å². The van der Waals surface area contributed by atoms with E-state index < -0.39 is 0 Å². The van der Waals surface area contributed by atoms with Gasteiger partial charge in [0, 0.05) is 146 Å². The van der Waals surface area contributed by atoms with Crippen LogP contribution in [0.4, 0.5) is 0 Å². The van der Waals surface area contributed by atoms with E-state index in [4.69, 9.17) is 0 Å². The predicted octanol–water partition coefficient (Wildman–Crippen LogP) is -2.61. The quantitative estimate of drug-likeness (QED) is 0.234. The van der Waals surface area contributed by atoms with Crippen LogP contribution in [-0.2, 0) is 114 Å². The van der Waals surface area contributed by atoms with Gasteiger partial charge in [-0.15, -0.1) is 0 Å². The van der Waals surface area contributed by atoms with E-state index in [-0.39, 0.29) is 198 Å². The molecule has 0 atom stereocenters. The largest absolute Gasteiger partial charge is 0 e. The third-order valence-electron chi connectivity index (χ3n) is 0. The molecule has 0 aliphatic carbocycles. The SMILES string of the molecule is [B].[Nb].[PbH2].[SbH2].[Sn].[Ta].[Ti].[W].[Zr]. The summed E-state index contributed by atoms with van der Waals surface area (Å²) in [5, 5.41) is 0. The zero-order valence-electron chi connectivity index (χ0n) is 4.66. The van der Waals surface area contributed by atoms with Gasteiger partial charge in [0.2, 0.25) is 0 Å². The van der Waals surface area contributed by atoms with Crippen molar-refractivity contribution in [3.8, 4) is 0 Å². The second kappa shape index (κ2) is 63.3. The van der Waals surface area contributed by atoms with Crippen molar-refractivity contribution < 1.29 is 114 Å². The molecule has 0 saturated carbocycles. The van der Waals surface area contributed by atoms with Crippen LogP contribution in [-0.4, -0.2) is 84.0 Å². The molecule has 0 amide bonds. The van der Waals surface area contributed by atoms with Crippen LogP contribution in [0, 0.1) is 0 Å². The molecule has 0 unspecified atom stereocenters. The van der Waals surface area contributed by atoms with Crippen molar-refractivity contribution in [2.75, 3.05) is 0 Å². The Morgan fingerprint density at radius 3 is 1.00 bits per heavy atom. The molecule has 12 radical (unpaired) electrons. The molecule has 0 N–H and O–H groups in total. The first-order valence-electron chi connectivity index (χ1n) is 0. The maximum Gasteiger partial charge on any atom is 0 e. The van der Waals surface area contributed by atoms with E-state index in [1.165, 1.54) is 0 Å². The summed E-state index contributed by atoms with van der Waals surface area (Å²) in [6.07, 6.45) is 0. The summed E-state index contributed by atoms with van der Waals surface area (Å²) in [6.45, 7) is 0. The van der Waals surface area contributed by atoms with E-state index in [1.807, 2.05) is 0 Å². The second-order valence-corrected chi connectivity index (χ2v) is 0. The van der Waals surface area contributed by atoms with Gasteiger partial charge < -0.3 is 0 Å². The summed E-state index contributed by atoms with van der Waals surface area (Å²) in [5.41, 5.74) is 0. The average molecular weight is 1060 g/mol. The van der Waals surface area contributed by atoms with Crippen molar-refractivity contribution >= 4 is 84.0 Å². The summed E-state index contributed by atoms with van der Waals surface area (Å²) in [5.74, 6) is 0. The molecule has 0 fully saturated rings. The summed E-state index contributed by atoms with van der Waals surface area (Å²) in [7, 11) is 0. The molecule has 0 nitrogen and oxygen atoms in total. The molecule has 0 bridgehead atoms. The van der Waals surface area contributed by atoms with Crippen LogP contribution in [0.25, 0.3) is 0 Å². The number of rotatable bonds is 0. The third-order valence-corrected chi connectivity index (χ3v) is 0. The number of hydrogen-bond acceptors (Lipinski definition) is 0. The van der Waals surface area contributed by atoms with Crippen molar-refractivity contribution in [2.24, 2.45) is 0 Å². The molecule has 0 spiro atoms. The van der Waals surface area contributed by atoms with Crippen molar-refractivity contribution in [1.29, 1.82) is 0 Å². The molecular weight excluding hydrogens is 1060 g/mol. The van der Waals surface area contributed by atoms with E-state index >= 15 is 0 Å². The molecule has 9 heteroatoms. The topological polar surface area (TPSA) is 0 Å². The third kappa shape index (κ3) is 54.2. The summed E-state index contributed by atoms with van der Waals surface area (Å²) in [4.78, 5) is 0. The van der Waals surface area contributed by atoms with Gasteiger partial charge in [-0.1, -0.05) is 0 Å². The van der Waals surface area contributed by atoms with E-state index in [2.05, 4.69) is 0 Å². The van der Waals surface area contributed by atoms with Gasteiger partial charge in [-0.05, 0) is 0 Å². The van der Waals surface area contributed by atoms with Crippen LogP contribution in [0.2, 0.25) is 0 Å². The smallest absolute Gasteiger partial charge is 0 e. The Morgan fingerprint density at radius 1 is 1.00 bits per heavy atom. The minimum atomic E-state index is 0. The van der Waals surface area contributed by atoms with Crippen molar-refractivity contribution in [3.05, 3.63) is 0 Å². The monoisotopic (exact) mass is 1060 g/mol. The molecule has 0 aliphatic rings. The Bertz CT molecular complexity index is 28.5. The molecule has 0 saturated heterocycles. The Kier molecular flexibility index (Phi) is 550. The van der Waals surface area contributed by atoms with Crippen LogP contribution in [0.15, 0.2) is 0 Å². The van der Waals surface area contributed by atoms with E-state index in [0.29, 0.717) is 0 Å². The van der Waals surface area contributed by atoms with E-state index in [0.717, 1.165) is 0 Å². The maximum atomic E-state index is 0. The van der Waals surface area contributed by atoms with Gasteiger partial charge in [0.25, 0.3) is 0 Å². The standard InChI is InChI=1S/B.Nb.Pb.Sb.Sn.Ta.Ti.W.Zr.4H. The van der Waals surface area contributed by atoms with Crippen LogP contribution in [0.5, 0.6) is 0 Å². The van der Waals surface area contributed by atoms with Gasteiger partial charge in [-0.2, -0.15) is 0 Å². The fraction of sp³-hybridized carbons (Fsp3) is 0. The summed E-state index contributed by atoms with van der Waals surface area (Å²) < 4.78 is 0. The van der Waals surface area contributed by atoms with Crippen LogP contribution >= 0.6 is 0 Å². The average Bonchev–Trinajstić information content (AvgIpc) is 0. The molecule has 0 aromatic heterocycles. The van der Waals surface area contributed by atoms with Crippen molar-refractivity contribution in [1.82, 2.24) is 0 Å². The molecule has 0 aromatic carbocycles. The molecule has 0 aliphatic heterocycles. The zero-order chi connectivity index (χ0) is 0. The fourth-order valence-corrected chi connectivity index (χ4v) is 0. The van der Waals surface area contributed by atoms with Gasteiger partial charge in [-0.3, -0.25) is 0 Å². The van der Waals surface area contributed by atoms with E-state index in [1.54, 1.807) is 0 Å². The first-order chi connectivity index (χ1) is 0. The van der Waals surface area contributed by atoms with Gasteiger partial charge in [0.05, 0.1) is 0 Å². The summed E-state index contributed by atoms with van der Waals surface area (Å²) >= 11 is 0. The van der Waals surface area contributed by atoms with Crippen molar-refractivity contribution in [3.63, 3.8) is 0 Å². The minimum Gasteiger partial charge on any atom is 0 e. The Labute approximate surface area is 193 Å². The molecule has 0 heterocycles. The Hall–Kier alpha value is 6.37.